The van der Waals surface area contributed by atoms with Gasteiger partial charge in [-0.3, -0.25) is 4.79 Å². The monoisotopic (exact) mass is 335 g/mol. The molecule has 2 nitrogen and oxygen atoms in total. The number of nitrogens with zero attached hydrogens (tertiary/aromatic N) is 1. The lowest BCUT2D eigenvalue weighted by atomic mass is 9.96. The molecule has 0 aliphatic carbocycles. The minimum atomic E-state index is 0.256. The average molecular weight is 336 g/mol. The van der Waals surface area contributed by atoms with E-state index >= 15 is 0 Å². The molecule has 2 saturated heterocycles. The molecule has 1 aromatic carbocycles. The Balaban J connectivity index is 1.94. The van der Waals surface area contributed by atoms with Crippen LogP contribution >= 0.6 is 15.9 Å². The lowest BCUT2D eigenvalue weighted by Crippen LogP contribution is -2.47. The molecule has 2 heterocycles. The molecule has 20 heavy (non-hydrogen) atoms. The molecule has 2 aliphatic rings. The van der Waals surface area contributed by atoms with Crippen LogP contribution in [0.2, 0.25) is 0 Å². The normalized spacial score (nSPS) is 28.8. The predicted molar refractivity (Wildman–Crippen MR) is 85.6 cm³/mol. The zero-order chi connectivity index (χ0) is 14.4. The largest absolute Gasteiger partial charge is 0.333 e. The highest BCUT2D eigenvalue weighted by atomic mass is 79.9. The van der Waals surface area contributed by atoms with Crippen molar-refractivity contribution in [2.24, 2.45) is 0 Å². The average Bonchev–Trinajstić information content (AvgIpc) is 2.60. The predicted octanol–water partition coefficient (Wildman–Crippen LogP) is 4.14. The van der Waals surface area contributed by atoms with Gasteiger partial charge in [-0.05, 0) is 57.6 Å². The number of benzene rings is 1. The molecule has 0 saturated carbocycles. The van der Waals surface area contributed by atoms with Gasteiger partial charge >= 0.3 is 0 Å². The Kier molecular flexibility index (Phi) is 3.65. The van der Waals surface area contributed by atoms with Gasteiger partial charge in [-0.2, -0.15) is 0 Å². The number of amides is 1. The van der Waals surface area contributed by atoms with Crippen LogP contribution in [0.4, 0.5) is 0 Å². The fraction of sp³-hybridized carbons (Fsp3) is 0.588. The number of fused-ring (bicyclic) bond motifs is 2. The molecule has 1 amide bonds. The number of halogens is 1. The van der Waals surface area contributed by atoms with Crippen molar-refractivity contribution in [1.29, 1.82) is 0 Å². The van der Waals surface area contributed by atoms with Crippen LogP contribution in [0.5, 0.6) is 0 Å². The van der Waals surface area contributed by atoms with Crippen molar-refractivity contribution in [2.75, 3.05) is 0 Å². The van der Waals surface area contributed by atoms with Gasteiger partial charge in [0.25, 0.3) is 5.91 Å². The third kappa shape index (κ3) is 2.30. The Labute approximate surface area is 129 Å². The van der Waals surface area contributed by atoms with Crippen LogP contribution in [0.15, 0.2) is 12.1 Å². The third-order valence-corrected chi connectivity index (χ3v) is 5.55. The van der Waals surface area contributed by atoms with E-state index in [1.807, 2.05) is 0 Å². The minimum Gasteiger partial charge on any atom is -0.333 e. The van der Waals surface area contributed by atoms with Gasteiger partial charge in [0.05, 0.1) is 0 Å². The van der Waals surface area contributed by atoms with E-state index in [0.717, 1.165) is 29.5 Å². The van der Waals surface area contributed by atoms with E-state index in [1.54, 1.807) is 0 Å². The number of carbonyl (C=O) groups excluding carboxylic acids is 1. The maximum Gasteiger partial charge on any atom is 0.254 e. The highest BCUT2D eigenvalue weighted by molar-refractivity contribution is 9.09. The lowest BCUT2D eigenvalue weighted by Gasteiger charge is -2.37. The molecular weight excluding hydrogens is 314 g/mol. The third-order valence-electron chi connectivity index (χ3n) is 4.80. The Bertz CT molecular complexity index is 517. The Morgan fingerprint density at radius 2 is 1.60 bits per heavy atom. The van der Waals surface area contributed by atoms with Crippen LogP contribution in [0, 0.1) is 20.8 Å². The number of hydrogen-bond donors (Lipinski definition) is 0. The van der Waals surface area contributed by atoms with E-state index in [1.165, 1.54) is 18.4 Å². The first-order valence-electron chi connectivity index (χ1n) is 7.52. The van der Waals surface area contributed by atoms with Crippen molar-refractivity contribution >= 4 is 21.8 Å². The van der Waals surface area contributed by atoms with Crippen molar-refractivity contribution < 1.29 is 4.79 Å². The van der Waals surface area contributed by atoms with Gasteiger partial charge in [-0.15, -0.1) is 0 Å². The van der Waals surface area contributed by atoms with Crippen LogP contribution in [0.1, 0.15) is 52.7 Å². The van der Waals surface area contributed by atoms with Gasteiger partial charge in [0.1, 0.15) is 0 Å². The molecular formula is C17H22BrNO. The van der Waals surface area contributed by atoms with Gasteiger partial charge in [0.15, 0.2) is 0 Å². The van der Waals surface area contributed by atoms with Gasteiger partial charge in [-0.1, -0.05) is 33.6 Å². The summed E-state index contributed by atoms with van der Waals surface area (Å²) in [7, 11) is 0. The summed E-state index contributed by atoms with van der Waals surface area (Å²) in [5.41, 5.74) is 4.40. The molecule has 0 aromatic heterocycles. The number of carbonyl (C=O) groups is 1. The molecule has 2 bridgehead atoms. The minimum absolute atomic E-state index is 0.256. The summed E-state index contributed by atoms with van der Waals surface area (Å²) in [4.78, 5) is 15.8. The topological polar surface area (TPSA) is 20.3 Å². The highest BCUT2D eigenvalue weighted by Crippen LogP contribution is 2.39. The van der Waals surface area contributed by atoms with E-state index in [2.05, 4.69) is 53.7 Å². The number of aryl methyl sites for hydroxylation is 3. The summed E-state index contributed by atoms with van der Waals surface area (Å²) in [6.07, 6.45) is 4.54. The molecule has 2 atom stereocenters. The lowest BCUT2D eigenvalue weighted by molar-refractivity contribution is 0.0602. The van der Waals surface area contributed by atoms with E-state index in [-0.39, 0.29) is 5.91 Å². The fourth-order valence-electron chi connectivity index (χ4n) is 4.09. The fourth-order valence-corrected chi connectivity index (χ4v) is 4.95. The second-order valence-electron chi connectivity index (χ2n) is 6.44. The zero-order valence-electron chi connectivity index (χ0n) is 12.4. The number of hydrogen-bond acceptors (Lipinski definition) is 1. The molecule has 2 fully saturated rings. The van der Waals surface area contributed by atoms with Crippen LogP contribution in [0.25, 0.3) is 0 Å². The van der Waals surface area contributed by atoms with Crippen LogP contribution < -0.4 is 0 Å². The molecule has 108 valence electrons. The second kappa shape index (κ2) is 5.18. The molecule has 3 heteroatoms. The van der Waals surface area contributed by atoms with E-state index in [9.17, 15) is 4.79 Å². The van der Waals surface area contributed by atoms with E-state index < -0.39 is 0 Å². The summed E-state index contributed by atoms with van der Waals surface area (Å²) in [6.45, 7) is 6.22. The first-order chi connectivity index (χ1) is 9.47. The Morgan fingerprint density at radius 1 is 1.10 bits per heavy atom. The molecule has 1 aromatic rings. The van der Waals surface area contributed by atoms with Crippen molar-refractivity contribution in [3.05, 3.63) is 34.4 Å². The molecule has 0 radical (unpaired) electrons. The van der Waals surface area contributed by atoms with Crippen molar-refractivity contribution in [3.8, 4) is 0 Å². The molecule has 0 N–H and O–H groups in total. The van der Waals surface area contributed by atoms with Gasteiger partial charge in [0.2, 0.25) is 0 Å². The van der Waals surface area contributed by atoms with Crippen molar-refractivity contribution in [3.63, 3.8) is 0 Å². The number of rotatable bonds is 1. The summed E-state index contributed by atoms with van der Waals surface area (Å²) < 4.78 is 0. The Morgan fingerprint density at radius 3 is 2.10 bits per heavy atom. The molecule has 0 spiro atoms. The summed E-state index contributed by atoms with van der Waals surface area (Å²) in [5.74, 6) is 0.256. The summed E-state index contributed by atoms with van der Waals surface area (Å²) in [6, 6.07) is 5.12. The molecule has 3 rings (SSSR count). The Hall–Kier alpha value is -0.830. The summed E-state index contributed by atoms with van der Waals surface area (Å²) >= 11 is 3.74. The van der Waals surface area contributed by atoms with Gasteiger partial charge < -0.3 is 4.90 Å². The van der Waals surface area contributed by atoms with Crippen LogP contribution in [-0.4, -0.2) is 27.7 Å². The second-order valence-corrected chi connectivity index (χ2v) is 7.73. The zero-order valence-corrected chi connectivity index (χ0v) is 14.0. The van der Waals surface area contributed by atoms with Crippen LogP contribution in [-0.2, 0) is 0 Å². The first-order valence-corrected chi connectivity index (χ1v) is 8.43. The number of alkyl halides is 1. The van der Waals surface area contributed by atoms with E-state index in [0.29, 0.717) is 16.9 Å². The van der Waals surface area contributed by atoms with Crippen molar-refractivity contribution in [2.45, 2.75) is 63.4 Å². The standard InChI is InChI=1S/C17H22BrNO/c1-10-6-11(2)16(12(3)7-10)17(20)19-14-4-5-15(19)9-13(18)8-14/h6-7,13-15H,4-5,8-9H2,1-3H3. The van der Waals surface area contributed by atoms with E-state index in [4.69, 9.17) is 0 Å². The SMILES string of the molecule is Cc1cc(C)c(C(=O)N2C3CCC2CC(Br)C3)c(C)c1. The first kappa shape index (κ1) is 14.1. The molecule has 2 unspecified atom stereocenters. The number of piperidine rings is 1. The van der Waals surface area contributed by atoms with Gasteiger partial charge in [0, 0.05) is 22.5 Å². The maximum atomic E-state index is 13.0. The van der Waals surface area contributed by atoms with Gasteiger partial charge in [-0.25, -0.2) is 0 Å². The highest BCUT2D eigenvalue weighted by Gasteiger charge is 2.43. The maximum absolute atomic E-state index is 13.0. The summed E-state index contributed by atoms with van der Waals surface area (Å²) in [5, 5.41) is 0. The van der Waals surface area contributed by atoms with Crippen molar-refractivity contribution in [1.82, 2.24) is 4.90 Å². The quantitative estimate of drug-likeness (QED) is 0.706. The molecule has 2 aliphatic heterocycles. The van der Waals surface area contributed by atoms with Crippen LogP contribution in [0.3, 0.4) is 0 Å². The smallest absolute Gasteiger partial charge is 0.254 e.